The maximum atomic E-state index is 13.0. The van der Waals surface area contributed by atoms with Crippen LogP contribution in [0.15, 0.2) is 115 Å². The Balaban J connectivity index is 1.33. The number of benzene rings is 4. The standard InChI is InChI=1S/C33H29N3O4/c34-32(37)29(36-33(38)27-19-26-13-7-8-14-28(26)35-20-27)17-25-15-16-30(39-21-23-9-3-1-4-10-23)31(18-25)40-22-24-11-5-2-6-12-24/h1-16,18-20,29H,17,21-22H2,(H2,34,37)(H,36,38)/t29-/m0/s1. The van der Waals surface area contributed by atoms with E-state index in [4.69, 9.17) is 15.2 Å². The van der Waals surface area contributed by atoms with E-state index in [-0.39, 0.29) is 6.42 Å². The van der Waals surface area contributed by atoms with Crippen LogP contribution in [0.4, 0.5) is 0 Å². The van der Waals surface area contributed by atoms with Crippen LogP contribution in [0.1, 0.15) is 27.0 Å². The van der Waals surface area contributed by atoms with Crippen molar-refractivity contribution in [3.63, 3.8) is 0 Å². The van der Waals surface area contributed by atoms with E-state index in [1.165, 1.54) is 6.20 Å². The Kier molecular flexibility index (Phi) is 8.32. The van der Waals surface area contributed by atoms with Crippen LogP contribution in [0.2, 0.25) is 0 Å². The number of pyridine rings is 1. The van der Waals surface area contributed by atoms with Crippen LogP contribution in [0.25, 0.3) is 10.9 Å². The molecule has 0 radical (unpaired) electrons. The second-order valence-electron chi connectivity index (χ2n) is 9.38. The first-order valence-corrected chi connectivity index (χ1v) is 13.0. The number of fused-ring (bicyclic) bond motifs is 1. The van der Waals surface area contributed by atoms with Gasteiger partial charge in [-0.2, -0.15) is 0 Å². The van der Waals surface area contributed by atoms with Crippen molar-refractivity contribution in [3.05, 3.63) is 138 Å². The molecule has 7 nitrogen and oxygen atoms in total. The first kappa shape index (κ1) is 26.4. The summed E-state index contributed by atoms with van der Waals surface area (Å²) < 4.78 is 12.2. The zero-order valence-electron chi connectivity index (χ0n) is 21.8. The van der Waals surface area contributed by atoms with Gasteiger partial charge in [-0.3, -0.25) is 14.6 Å². The number of hydrogen-bond acceptors (Lipinski definition) is 5. The summed E-state index contributed by atoms with van der Waals surface area (Å²) >= 11 is 0. The minimum Gasteiger partial charge on any atom is -0.485 e. The summed E-state index contributed by atoms with van der Waals surface area (Å²) in [7, 11) is 0. The van der Waals surface area contributed by atoms with Crippen molar-refractivity contribution >= 4 is 22.7 Å². The molecule has 2 amide bonds. The molecule has 0 saturated heterocycles. The summed E-state index contributed by atoms with van der Waals surface area (Å²) in [6, 6.07) is 33.5. The van der Waals surface area contributed by atoms with Crippen molar-refractivity contribution in [2.75, 3.05) is 0 Å². The van der Waals surface area contributed by atoms with Crippen LogP contribution < -0.4 is 20.5 Å². The van der Waals surface area contributed by atoms with Gasteiger partial charge in [0.05, 0.1) is 11.1 Å². The van der Waals surface area contributed by atoms with Crippen molar-refractivity contribution in [1.82, 2.24) is 10.3 Å². The second-order valence-corrected chi connectivity index (χ2v) is 9.38. The SMILES string of the molecule is NC(=O)[C@H](Cc1ccc(OCc2ccccc2)c(OCc2ccccc2)c1)NC(=O)c1cnc2ccccc2c1. The molecule has 1 heterocycles. The van der Waals surface area contributed by atoms with E-state index in [2.05, 4.69) is 10.3 Å². The van der Waals surface area contributed by atoms with E-state index in [1.54, 1.807) is 6.07 Å². The molecule has 0 bridgehead atoms. The predicted molar refractivity (Wildman–Crippen MR) is 154 cm³/mol. The van der Waals surface area contributed by atoms with Crippen LogP contribution in [0.5, 0.6) is 11.5 Å². The lowest BCUT2D eigenvalue weighted by molar-refractivity contribution is -0.119. The maximum absolute atomic E-state index is 13.0. The Bertz CT molecular complexity index is 1610. The molecule has 1 atom stereocenters. The highest BCUT2D eigenvalue weighted by atomic mass is 16.5. The third-order valence-electron chi connectivity index (χ3n) is 6.42. The van der Waals surface area contributed by atoms with Gasteiger partial charge in [-0.25, -0.2) is 0 Å². The summed E-state index contributed by atoms with van der Waals surface area (Å²) in [6.07, 6.45) is 1.67. The van der Waals surface area contributed by atoms with Gasteiger partial charge >= 0.3 is 0 Å². The Morgan fingerprint density at radius 3 is 2.02 bits per heavy atom. The molecular formula is C33H29N3O4. The Hall–Kier alpha value is -5.17. The minimum absolute atomic E-state index is 0.183. The van der Waals surface area contributed by atoms with E-state index < -0.39 is 17.9 Å². The molecule has 0 aliphatic rings. The number of carbonyl (C=O) groups excluding carboxylic acids is 2. The summed E-state index contributed by atoms with van der Waals surface area (Å²) in [5.41, 5.74) is 9.62. The third-order valence-corrected chi connectivity index (χ3v) is 6.42. The number of para-hydroxylation sites is 1. The molecule has 0 fully saturated rings. The molecule has 0 spiro atoms. The Morgan fingerprint density at radius 1 is 0.725 bits per heavy atom. The quantitative estimate of drug-likeness (QED) is 0.243. The summed E-state index contributed by atoms with van der Waals surface area (Å²) in [5, 5.41) is 3.59. The van der Waals surface area contributed by atoms with Gasteiger partial charge in [0.2, 0.25) is 5.91 Å². The normalized spacial score (nSPS) is 11.5. The number of ether oxygens (including phenoxy) is 2. The number of aromatic nitrogens is 1. The average molecular weight is 532 g/mol. The van der Waals surface area contributed by atoms with Gasteiger partial charge in [-0.1, -0.05) is 84.9 Å². The number of primary amides is 1. The number of hydrogen-bond donors (Lipinski definition) is 2. The number of nitrogens with zero attached hydrogens (tertiary/aromatic N) is 1. The van der Waals surface area contributed by atoms with Crippen LogP contribution in [0.3, 0.4) is 0 Å². The fourth-order valence-corrected chi connectivity index (χ4v) is 4.28. The smallest absolute Gasteiger partial charge is 0.253 e. The van der Waals surface area contributed by atoms with Crippen LogP contribution in [-0.4, -0.2) is 22.8 Å². The molecule has 5 aromatic rings. The lowest BCUT2D eigenvalue weighted by atomic mass is 10.0. The number of rotatable bonds is 11. The van der Waals surface area contributed by atoms with E-state index in [0.29, 0.717) is 30.3 Å². The largest absolute Gasteiger partial charge is 0.485 e. The molecule has 1 aromatic heterocycles. The Labute approximate surface area is 232 Å². The maximum Gasteiger partial charge on any atom is 0.253 e. The molecule has 0 unspecified atom stereocenters. The molecule has 0 saturated carbocycles. The average Bonchev–Trinajstić information content (AvgIpc) is 2.99. The number of carbonyl (C=O) groups is 2. The molecule has 200 valence electrons. The summed E-state index contributed by atoms with van der Waals surface area (Å²) in [4.78, 5) is 29.7. The number of nitrogens with two attached hydrogens (primary N) is 1. The molecule has 7 heteroatoms. The highest BCUT2D eigenvalue weighted by Crippen LogP contribution is 2.30. The van der Waals surface area contributed by atoms with Gasteiger partial charge in [0, 0.05) is 18.0 Å². The lowest BCUT2D eigenvalue weighted by Crippen LogP contribution is -2.45. The fraction of sp³-hybridized carbons (Fsp3) is 0.121. The van der Waals surface area contributed by atoms with E-state index in [9.17, 15) is 9.59 Å². The predicted octanol–water partition coefficient (Wildman–Crippen LogP) is 5.22. The third kappa shape index (κ3) is 6.82. The lowest BCUT2D eigenvalue weighted by Gasteiger charge is -2.18. The van der Waals surface area contributed by atoms with Gasteiger partial charge < -0.3 is 20.5 Å². The summed E-state index contributed by atoms with van der Waals surface area (Å²) in [5.74, 6) is 0.0414. The monoisotopic (exact) mass is 531 g/mol. The van der Waals surface area contributed by atoms with Crippen LogP contribution in [0, 0.1) is 0 Å². The number of nitrogens with one attached hydrogen (secondary N) is 1. The zero-order chi connectivity index (χ0) is 27.7. The van der Waals surface area contributed by atoms with Gasteiger partial charge in [0.15, 0.2) is 11.5 Å². The minimum atomic E-state index is -0.933. The van der Waals surface area contributed by atoms with Crippen molar-refractivity contribution in [3.8, 4) is 11.5 Å². The van der Waals surface area contributed by atoms with Gasteiger partial charge in [0.1, 0.15) is 19.3 Å². The molecule has 3 N–H and O–H groups in total. The number of amides is 2. The zero-order valence-corrected chi connectivity index (χ0v) is 21.8. The highest BCUT2D eigenvalue weighted by Gasteiger charge is 2.21. The molecule has 5 rings (SSSR count). The topological polar surface area (TPSA) is 104 Å². The molecule has 40 heavy (non-hydrogen) atoms. The van der Waals surface area contributed by atoms with Crippen LogP contribution >= 0.6 is 0 Å². The Morgan fingerprint density at radius 2 is 1.35 bits per heavy atom. The van der Waals surface area contributed by atoms with E-state index in [1.807, 2.05) is 103 Å². The van der Waals surface area contributed by atoms with Crippen molar-refractivity contribution < 1.29 is 19.1 Å². The molecular weight excluding hydrogens is 502 g/mol. The van der Waals surface area contributed by atoms with E-state index >= 15 is 0 Å². The van der Waals surface area contributed by atoms with Crippen molar-refractivity contribution in [2.24, 2.45) is 5.73 Å². The molecule has 4 aromatic carbocycles. The van der Waals surface area contributed by atoms with E-state index in [0.717, 1.165) is 27.6 Å². The van der Waals surface area contributed by atoms with Crippen molar-refractivity contribution in [2.45, 2.75) is 25.7 Å². The van der Waals surface area contributed by atoms with Crippen molar-refractivity contribution in [1.29, 1.82) is 0 Å². The molecule has 0 aliphatic heterocycles. The highest BCUT2D eigenvalue weighted by molar-refractivity contribution is 5.99. The molecule has 0 aliphatic carbocycles. The first-order chi connectivity index (χ1) is 19.5. The van der Waals surface area contributed by atoms with Gasteiger partial charge in [-0.15, -0.1) is 0 Å². The summed E-state index contributed by atoms with van der Waals surface area (Å²) in [6.45, 7) is 0.721. The first-order valence-electron chi connectivity index (χ1n) is 13.0. The fourth-order valence-electron chi connectivity index (χ4n) is 4.28. The van der Waals surface area contributed by atoms with Crippen LogP contribution in [-0.2, 0) is 24.4 Å². The van der Waals surface area contributed by atoms with Gasteiger partial charge in [-0.05, 0) is 41.0 Å². The second kappa shape index (κ2) is 12.6. The van der Waals surface area contributed by atoms with Gasteiger partial charge in [0.25, 0.3) is 5.91 Å².